The molecular formula is C19H26ClN3O2S. The van der Waals surface area contributed by atoms with E-state index in [9.17, 15) is 5.11 Å². The number of methoxy groups -OCH3 is 1. The molecular weight excluding hydrogens is 370 g/mol. The van der Waals surface area contributed by atoms with Crippen LogP contribution in [0.15, 0.2) is 46.8 Å². The Kier molecular flexibility index (Phi) is 7.90. The second-order valence-electron chi connectivity index (χ2n) is 6.11. The van der Waals surface area contributed by atoms with E-state index in [0.29, 0.717) is 17.5 Å². The molecule has 2 rings (SSSR count). The third-order valence-corrected chi connectivity index (χ3v) is 5.26. The van der Waals surface area contributed by atoms with Gasteiger partial charge in [-0.05, 0) is 43.0 Å². The lowest BCUT2D eigenvalue weighted by molar-refractivity contribution is 0.0710. The Hall–Kier alpha value is -1.60. The van der Waals surface area contributed by atoms with Gasteiger partial charge in [0.1, 0.15) is 5.60 Å². The van der Waals surface area contributed by atoms with Crippen molar-refractivity contribution in [2.75, 3.05) is 26.7 Å². The van der Waals surface area contributed by atoms with Crippen molar-refractivity contribution >= 4 is 28.9 Å². The average molecular weight is 396 g/mol. The number of rotatable bonds is 8. The van der Waals surface area contributed by atoms with E-state index >= 15 is 0 Å². The topological polar surface area (TPSA) is 65.9 Å². The zero-order valence-corrected chi connectivity index (χ0v) is 16.9. The first kappa shape index (κ1) is 20.7. The average Bonchev–Trinajstić information content (AvgIpc) is 3.16. The summed E-state index contributed by atoms with van der Waals surface area (Å²) < 4.78 is 5.57. The fourth-order valence-corrected chi connectivity index (χ4v) is 3.45. The lowest BCUT2D eigenvalue weighted by Gasteiger charge is -2.22. The molecule has 2 unspecified atom stereocenters. The zero-order chi connectivity index (χ0) is 19.0. The predicted octanol–water partition coefficient (Wildman–Crippen LogP) is 3.55. The van der Waals surface area contributed by atoms with Gasteiger partial charge in [0.2, 0.25) is 0 Å². The van der Waals surface area contributed by atoms with Gasteiger partial charge < -0.3 is 20.5 Å². The second-order valence-corrected chi connectivity index (χ2v) is 7.49. The van der Waals surface area contributed by atoms with Crippen LogP contribution < -0.4 is 10.6 Å². The van der Waals surface area contributed by atoms with Gasteiger partial charge in [0.05, 0.1) is 12.6 Å². The van der Waals surface area contributed by atoms with Crippen molar-refractivity contribution in [3.63, 3.8) is 0 Å². The molecule has 0 radical (unpaired) electrons. The first-order valence-electron chi connectivity index (χ1n) is 8.53. The molecule has 0 bridgehead atoms. The van der Waals surface area contributed by atoms with Crippen LogP contribution in [0, 0.1) is 0 Å². The first-order valence-corrected chi connectivity index (χ1v) is 9.79. The maximum absolute atomic E-state index is 10.6. The van der Waals surface area contributed by atoms with Crippen LogP contribution in [0.25, 0.3) is 0 Å². The summed E-state index contributed by atoms with van der Waals surface area (Å²) in [5.74, 6) is 0.633. The lowest BCUT2D eigenvalue weighted by atomic mass is 10.1. The molecule has 2 atom stereocenters. The number of aliphatic hydroxyl groups is 1. The highest BCUT2D eigenvalue weighted by molar-refractivity contribution is 7.10. The number of nitrogens with zero attached hydrogens (tertiary/aromatic N) is 1. The van der Waals surface area contributed by atoms with Crippen molar-refractivity contribution in [2.45, 2.75) is 25.6 Å². The van der Waals surface area contributed by atoms with Crippen molar-refractivity contribution in [3.05, 3.63) is 57.2 Å². The number of hydrogen-bond donors (Lipinski definition) is 3. The normalized spacial score (nSPS) is 15.3. The van der Waals surface area contributed by atoms with E-state index in [2.05, 4.69) is 15.6 Å². The smallest absolute Gasteiger partial charge is 0.191 e. The third-order valence-electron chi connectivity index (χ3n) is 3.90. The standard InChI is InChI=1S/C19H26ClN3O2S/c1-4-21-18(23-13-19(2,24)17-9-6-10-26-17)22-12-16(25-3)14-7-5-8-15(20)11-14/h5-11,16,24H,4,12-13H2,1-3H3,(H2,21,22,23). The summed E-state index contributed by atoms with van der Waals surface area (Å²) in [5.41, 5.74) is -0.00152. The van der Waals surface area contributed by atoms with Crippen molar-refractivity contribution in [1.82, 2.24) is 10.6 Å². The van der Waals surface area contributed by atoms with Gasteiger partial charge in [-0.1, -0.05) is 29.8 Å². The van der Waals surface area contributed by atoms with Crippen LogP contribution in [0.3, 0.4) is 0 Å². The lowest BCUT2D eigenvalue weighted by Crippen LogP contribution is -2.40. The van der Waals surface area contributed by atoms with Gasteiger partial charge in [-0.3, -0.25) is 0 Å². The molecule has 0 spiro atoms. The zero-order valence-electron chi connectivity index (χ0n) is 15.3. The van der Waals surface area contributed by atoms with Gasteiger partial charge in [0.25, 0.3) is 0 Å². The summed E-state index contributed by atoms with van der Waals surface area (Å²) in [6.45, 7) is 5.29. The molecule has 2 aromatic rings. The molecule has 0 aliphatic carbocycles. The maximum atomic E-state index is 10.6. The van der Waals surface area contributed by atoms with Crippen LogP contribution in [0.4, 0.5) is 0 Å². The summed E-state index contributed by atoms with van der Waals surface area (Å²) in [7, 11) is 1.67. The Bertz CT molecular complexity index is 705. The number of benzene rings is 1. The van der Waals surface area contributed by atoms with Crippen molar-refractivity contribution in [2.24, 2.45) is 4.99 Å². The second kappa shape index (κ2) is 9.92. The summed E-state index contributed by atoms with van der Waals surface area (Å²) >= 11 is 7.59. The Balaban J connectivity index is 2.02. The highest BCUT2D eigenvalue weighted by atomic mass is 35.5. The Morgan fingerprint density at radius 3 is 2.77 bits per heavy atom. The number of nitrogens with one attached hydrogen (secondary N) is 2. The van der Waals surface area contributed by atoms with Crippen molar-refractivity contribution in [3.8, 4) is 0 Å². The molecule has 0 saturated carbocycles. The van der Waals surface area contributed by atoms with Crippen LogP contribution in [-0.2, 0) is 10.3 Å². The van der Waals surface area contributed by atoms with E-state index in [4.69, 9.17) is 16.3 Å². The molecule has 7 heteroatoms. The largest absolute Gasteiger partial charge is 0.383 e. The summed E-state index contributed by atoms with van der Waals surface area (Å²) in [6, 6.07) is 11.5. The fourth-order valence-electron chi connectivity index (χ4n) is 2.47. The number of thiophene rings is 1. The molecule has 5 nitrogen and oxygen atoms in total. The number of hydrogen-bond acceptors (Lipinski definition) is 4. The van der Waals surface area contributed by atoms with Gasteiger partial charge in [-0.15, -0.1) is 11.3 Å². The molecule has 1 aromatic carbocycles. The highest BCUT2D eigenvalue weighted by Crippen LogP contribution is 2.25. The maximum Gasteiger partial charge on any atom is 0.191 e. The Morgan fingerprint density at radius 1 is 1.35 bits per heavy atom. The van der Waals surface area contributed by atoms with E-state index in [1.807, 2.05) is 48.7 Å². The van der Waals surface area contributed by atoms with Crippen molar-refractivity contribution in [1.29, 1.82) is 0 Å². The number of ether oxygens (including phenoxy) is 1. The predicted molar refractivity (Wildman–Crippen MR) is 109 cm³/mol. The van der Waals surface area contributed by atoms with Crippen LogP contribution >= 0.6 is 22.9 Å². The molecule has 0 aliphatic heterocycles. The van der Waals surface area contributed by atoms with Gasteiger partial charge >= 0.3 is 0 Å². The fraction of sp³-hybridized carbons (Fsp3) is 0.421. The minimum absolute atomic E-state index is 0.157. The van der Waals surface area contributed by atoms with Crippen LogP contribution in [0.5, 0.6) is 0 Å². The Morgan fingerprint density at radius 2 is 2.15 bits per heavy atom. The molecule has 3 N–H and O–H groups in total. The summed E-state index contributed by atoms with van der Waals surface area (Å²) in [6.07, 6.45) is -0.157. The minimum Gasteiger partial charge on any atom is -0.383 e. The molecule has 0 aliphatic rings. The summed E-state index contributed by atoms with van der Waals surface area (Å²) in [5, 5.41) is 19.7. The molecule has 142 valence electrons. The van der Waals surface area contributed by atoms with E-state index in [-0.39, 0.29) is 12.6 Å². The quantitative estimate of drug-likeness (QED) is 0.472. The van der Waals surface area contributed by atoms with Crippen LogP contribution in [0.2, 0.25) is 5.02 Å². The van der Waals surface area contributed by atoms with E-state index in [1.165, 1.54) is 11.3 Å². The highest BCUT2D eigenvalue weighted by Gasteiger charge is 2.24. The monoisotopic (exact) mass is 395 g/mol. The third kappa shape index (κ3) is 5.99. The molecule has 26 heavy (non-hydrogen) atoms. The van der Waals surface area contributed by atoms with Crippen LogP contribution in [0.1, 0.15) is 30.4 Å². The first-order chi connectivity index (χ1) is 12.5. The number of guanidine groups is 1. The summed E-state index contributed by atoms with van der Waals surface area (Å²) in [4.78, 5) is 5.42. The van der Waals surface area contributed by atoms with E-state index in [1.54, 1.807) is 14.0 Å². The molecule has 0 saturated heterocycles. The van der Waals surface area contributed by atoms with Gasteiger partial charge in [0, 0.05) is 30.1 Å². The molecule has 1 heterocycles. The number of halogens is 1. The van der Waals surface area contributed by atoms with Crippen molar-refractivity contribution < 1.29 is 9.84 Å². The molecule has 0 amide bonds. The minimum atomic E-state index is -0.996. The van der Waals surface area contributed by atoms with Gasteiger partial charge in [0.15, 0.2) is 5.96 Å². The van der Waals surface area contributed by atoms with Gasteiger partial charge in [-0.2, -0.15) is 0 Å². The van der Waals surface area contributed by atoms with Crippen LogP contribution in [-0.4, -0.2) is 37.8 Å². The van der Waals surface area contributed by atoms with Gasteiger partial charge in [-0.25, -0.2) is 4.99 Å². The number of aliphatic imine (C=N–C) groups is 1. The van der Waals surface area contributed by atoms with E-state index in [0.717, 1.165) is 17.0 Å². The SMILES string of the molecule is CCNC(=NCC(C)(O)c1cccs1)NCC(OC)c1cccc(Cl)c1. The molecule has 0 fully saturated rings. The van der Waals surface area contributed by atoms with E-state index < -0.39 is 5.60 Å². The molecule has 1 aromatic heterocycles. The Labute approximate surface area is 164 Å².